The zero-order valence-corrected chi connectivity index (χ0v) is 11.2. The summed E-state index contributed by atoms with van der Waals surface area (Å²) in [5.41, 5.74) is 1.19. The highest BCUT2D eigenvalue weighted by Crippen LogP contribution is 2.13. The summed E-state index contributed by atoms with van der Waals surface area (Å²) in [7, 11) is 1.98. The molecule has 1 rings (SSSR count). The Balaban J connectivity index is 2.31. The van der Waals surface area contributed by atoms with Crippen molar-refractivity contribution in [1.29, 1.82) is 0 Å². The van der Waals surface area contributed by atoms with Gasteiger partial charge in [0.2, 0.25) is 0 Å². The molecule has 0 bridgehead atoms. The van der Waals surface area contributed by atoms with Gasteiger partial charge in [0.25, 0.3) is 0 Å². The highest BCUT2D eigenvalue weighted by atomic mass is 15.3. The molecular formula is C13H25N3. The Morgan fingerprint density at radius 3 is 2.50 bits per heavy atom. The molecule has 92 valence electrons. The predicted octanol–water partition coefficient (Wildman–Crippen LogP) is 3.36. The van der Waals surface area contributed by atoms with Crippen LogP contribution >= 0.6 is 0 Å². The van der Waals surface area contributed by atoms with Crippen LogP contribution in [0, 0.1) is 12.8 Å². The first-order valence-corrected chi connectivity index (χ1v) is 6.26. The molecule has 0 saturated heterocycles. The van der Waals surface area contributed by atoms with Gasteiger partial charge in [-0.25, -0.2) is 0 Å². The minimum absolute atomic E-state index is 0.507. The first-order chi connectivity index (χ1) is 7.49. The Morgan fingerprint density at radius 2 is 2.00 bits per heavy atom. The maximum atomic E-state index is 4.40. The number of hydrogen-bond acceptors (Lipinski definition) is 2. The van der Waals surface area contributed by atoms with E-state index in [1.165, 1.54) is 25.0 Å². The van der Waals surface area contributed by atoms with Gasteiger partial charge in [-0.15, -0.1) is 0 Å². The number of anilines is 1. The van der Waals surface area contributed by atoms with Crippen LogP contribution in [0.2, 0.25) is 0 Å². The van der Waals surface area contributed by atoms with Gasteiger partial charge in [0.1, 0.15) is 5.82 Å². The van der Waals surface area contributed by atoms with Crippen molar-refractivity contribution in [1.82, 2.24) is 9.78 Å². The van der Waals surface area contributed by atoms with Crippen LogP contribution in [0.4, 0.5) is 5.82 Å². The van der Waals surface area contributed by atoms with Crippen molar-refractivity contribution < 1.29 is 0 Å². The van der Waals surface area contributed by atoms with Crippen molar-refractivity contribution in [2.24, 2.45) is 13.0 Å². The Hall–Kier alpha value is -0.990. The molecule has 1 unspecified atom stereocenters. The van der Waals surface area contributed by atoms with Gasteiger partial charge in [-0.2, -0.15) is 5.10 Å². The SMILES string of the molecule is Cc1cc(NC(C)CCCC(C)C)nn1C. The first-order valence-electron chi connectivity index (χ1n) is 6.26. The second kappa shape index (κ2) is 5.92. The summed E-state index contributed by atoms with van der Waals surface area (Å²) in [5.74, 6) is 1.81. The number of aryl methyl sites for hydroxylation is 2. The summed E-state index contributed by atoms with van der Waals surface area (Å²) < 4.78 is 1.91. The van der Waals surface area contributed by atoms with Crippen molar-refractivity contribution in [3.63, 3.8) is 0 Å². The van der Waals surface area contributed by atoms with E-state index in [9.17, 15) is 0 Å². The van der Waals surface area contributed by atoms with Crippen LogP contribution in [0.15, 0.2) is 6.07 Å². The molecule has 0 fully saturated rings. The molecule has 16 heavy (non-hydrogen) atoms. The summed E-state index contributed by atoms with van der Waals surface area (Å²) in [6, 6.07) is 2.60. The fourth-order valence-electron chi connectivity index (χ4n) is 1.79. The molecule has 0 aromatic carbocycles. The lowest BCUT2D eigenvalue weighted by molar-refractivity contribution is 0.519. The van der Waals surface area contributed by atoms with Gasteiger partial charge in [0.15, 0.2) is 0 Å². The number of aromatic nitrogens is 2. The molecular weight excluding hydrogens is 198 g/mol. The van der Waals surface area contributed by atoms with E-state index in [-0.39, 0.29) is 0 Å². The third kappa shape index (κ3) is 4.25. The van der Waals surface area contributed by atoms with Gasteiger partial charge in [0.05, 0.1) is 0 Å². The fourth-order valence-corrected chi connectivity index (χ4v) is 1.79. The quantitative estimate of drug-likeness (QED) is 0.801. The summed E-state index contributed by atoms with van der Waals surface area (Å²) >= 11 is 0. The molecule has 3 nitrogen and oxygen atoms in total. The van der Waals surface area contributed by atoms with E-state index in [4.69, 9.17) is 0 Å². The number of rotatable bonds is 6. The molecule has 0 aliphatic carbocycles. The molecule has 1 atom stereocenters. The summed E-state index contributed by atoms with van der Waals surface area (Å²) in [6.07, 6.45) is 3.82. The highest BCUT2D eigenvalue weighted by Gasteiger charge is 2.06. The number of hydrogen-bond donors (Lipinski definition) is 1. The average molecular weight is 223 g/mol. The van der Waals surface area contributed by atoms with E-state index < -0.39 is 0 Å². The summed E-state index contributed by atoms with van der Waals surface area (Å²) in [6.45, 7) is 8.85. The molecule has 0 aliphatic rings. The average Bonchev–Trinajstić information content (AvgIpc) is 2.44. The number of nitrogens with one attached hydrogen (secondary N) is 1. The zero-order chi connectivity index (χ0) is 12.1. The van der Waals surface area contributed by atoms with E-state index in [2.05, 4.69) is 44.2 Å². The first kappa shape index (κ1) is 13.1. The van der Waals surface area contributed by atoms with Crippen molar-refractivity contribution in [2.75, 3.05) is 5.32 Å². The van der Waals surface area contributed by atoms with E-state index in [0.29, 0.717) is 6.04 Å². The van der Waals surface area contributed by atoms with Crippen molar-refractivity contribution >= 4 is 5.82 Å². The largest absolute Gasteiger partial charge is 0.366 e. The molecule has 1 N–H and O–H groups in total. The highest BCUT2D eigenvalue weighted by molar-refractivity contribution is 5.36. The van der Waals surface area contributed by atoms with Gasteiger partial charge in [0, 0.05) is 24.8 Å². The van der Waals surface area contributed by atoms with Crippen LogP contribution in [-0.4, -0.2) is 15.8 Å². The van der Waals surface area contributed by atoms with Gasteiger partial charge >= 0.3 is 0 Å². The smallest absolute Gasteiger partial charge is 0.148 e. The minimum atomic E-state index is 0.507. The van der Waals surface area contributed by atoms with Crippen molar-refractivity contribution in [3.8, 4) is 0 Å². The van der Waals surface area contributed by atoms with Crippen LogP contribution < -0.4 is 5.32 Å². The predicted molar refractivity (Wildman–Crippen MR) is 69.7 cm³/mol. The topological polar surface area (TPSA) is 29.9 Å². The number of nitrogens with zero attached hydrogens (tertiary/aromatic N) is 2. The summed E-state index contributed by atoms with van der Waals surface area (Å²) in [4.78, 5) is 0. The lowest BCUT2D eigenvalue weighted by Gasteiger charge is -2.13. The normalized spacial score (nSPS) is 13.1. The maximum Gasteiger partial charge on any atom is 0.148 e. The van der Waals surface area contributed by atoms with E-state index in [0.717, 1.165) is 11.7 Å². The van der Waals surface area contributed by atoms with Crippen LogP contribution in [0.1, 0.15) is 45.7 Å². The van der Waals surface area contributed by atoms with Crippen LogP contribution in [-0.2, 0) is 7.05 Å². The fraction of sp³-hybridized carbons (Fsp3) is 0.769. The molecule has 1 heterocycles. The minimum Gasteiger partial charge on any atom is -0.366 e. The standard InChI is InChI=1S/C13H25N3/c1-10(2)7-6-8-11(3)14-13-9-12(4)16(5)15-13/h9-11H,6-8H2,1-5H3,(H,14,15). The van der Waals surface area contributed by atoms with Crippen LogP contribution in [0.5, 0.6) is 0 Å². The molecule has 1 aromatic rings. The van der Waals surface area contributed by atoms with Crippen molar-refractivity contribution in [3.05, 3.63) is 11.8 Å². The van der Waals surface area contributed by atoms with E-state index in [1.807, 2.05) is 11.7 Å². The van der Waals surface area contributed by atoms with Crippen LogP contribution in [0.25, 0.3) is 0 Å². The van der Waals surface area contributed by atoms with Crippen LogP contribution in [0.3, 0.4) is 0 Å². The maximum absolute atomic E-state index is 4.40. The van der Waals surface area contributed by atoms with Crippen molar-refractivity contribution in [2.45, 2.75) is 53.0 Å². The molecule has 0 radical (unpaired) electrons. The van der Waals surface area contributed by atoms with E-state index >= 15 is 0 Å². The summed E-state index contributed by atoms with van der Waals surface area (Å²) in [5, 5.41) is 7.84. The Bertz CT molecular complexity index is 295. The molecule has 3 heteroatoms. The third-order valence-corrected chi connectivity index (χ3v) is 2.93. The molecule has 0 spiro atoms. The molecule has 1 aromatic heterocycles. The van der Waals surface area contributed by atoms with Gasteiger partial charge < -0.3 is 5.32 Å². The lowest BCUT2D eigenvalue weighted by Crippen LogP contribution is -2.15. The third-order valence-electron chi connectivity index (χ3n) is 2.93. The lowest BCUT2D eigenvalue weighted by atomic mass is 10.0. The molecule has 0 amide bonds. The monoisotopic (exact) mass is 223 g/mol. The second-order valence-electron chi connectivity index (χ2n) is 5.16. The second-order valence-corrected chi connectivity index (χ2v) is 5.16. The van der Waals surface area contributed by atoms with Gasteiger partial charge in [-0.05, 0) is 26.2 Å². The Labute approximate surface area is 99.2 Å². The molecule has 0 aliphatic heterocycles. The molecule has 0 saturated carbocycles. The zero-order valence-electron chi connectivity index (χ0n) is 11.2. The Kier molecular flexibility index (Phi) is 4.84. The van der Waals surface area contributed by atoms with Gasteiger partial charge in [-0.3, -0.25) is 4.68 Å². The van der Waals surface area contributed by atoms with E-state index in [1.54, 1.807) is 0 Å². The Morgan fingerprint density at radius 1 is 1.31 bits per heavy atom. The van der Waals surface area contributed by atoms with Gasteiger partial charge in [-0.1, -0.05) is 26.7 Å².